The fourth-order valence-corrected chi connectivity index (χ4v) is 2.86. The summed E-state index contributed by atoms with van der Waals surface area (Å²) >= 11 is 8.34. The lowest BCUT2D eigenvalue weighted by Gasteiger charge is -2.05. The van der Waals surface area contributed by atoms with Crippen LogP contribution in [0.25, 0.3) is 10.8 Å². The quantitative estimate of drug-likeness (QED) is 0.814. The van der Waals surface area contributed by atoms with Crippen LogP contribution in [0.4, 0.5) is 0 Å². The normalized spacial score (nSPS) is 11.4. The number of furan rings is 1. The highest BCUT2D eigenvalue weighted by atomic mass is 79.9. The maximum Gasteiger partial charge on any atom is 0.184 e. The van der Waals surface area contributed by atoms with Gasteiger partial charge in [-0.2, -0.15) is 0 Å². The molecule has 0 radical (unpaired) electrons. The second-order valence-corrected chi connectivity index (χ2v) is 6.67. The van der Waals surface area contributed by atoms with E-state index in [1.165, 1.54) is 0 Å². The van der Waals surface area contributed by atoms with Crippen LogP contribution in [0.2, 0.25) is 0 Å². The average molecular weight is 394 g/mol. The van der Waals surface area contributed by atoms with Gasteiger partial charge in [0.15, 0.2) is 15.4 Å². The molecule has 0 aliphatic heterocycles. The summed E-state index contributed by atoms with van der Waals surface area (Å²) in [5.74, 6) is 0.793. The minimum Gasteiger partial charge on any atom is -0.446 e. The van der Waals surface area contributed by atoms with Crippen molar-refractivity contribution in [3.05, 3.63) is 26.3 Å². The highest BCUT2D eigenvalue weighted by Crippen LogP contribution is 2.34. The van der Waals surface area contributed by atoms with Crippen molar-refractivity contribution in [2.24, 2.45) is 0 Å². The summed E-state index contributed by atoms with van der Waals surface area (Å²) < 4.78 is 7.18. The Hall–Kier alpha value is -0.170. The van der Waals surface area contributed by atoms with Crippen LogP contribution in [0.5, 0.6) is 0 Å². The first-order valence-electron chi connectivity index (χ1n) is 5.69. The highest BCUT2D eigenvalue weighted by molar-refractivity contribution is 9.13. The van der Waals surface area contributed by atoms with Crippen molar-refractivity contribution < 1.29 is 4.42 Å². The van der Waals surface area contributed by atoms with Crippen LogP contribution in [-0.2, 0) is 6.42 Å². The first-order valence-corrected chi connectivity index (χ1v) is 8.16. The van der Waals surface area contributed by atoms with Crippen molar-refractivity contribution in [2.45, 2.75) is 26.3 Å². The fraction of sp³-hybridized carbons (Fsp3) is 0.417. The zero-order valence-corrected chi connectivity index (χ0v) is 14.2. The van der Waals surface area contributed by atoms with Crippen molar-refractivity contribution in [1.29, 1.82) is 0 Å². The first kappa shape index (κ1) is 14.2. The van der Waals surface area contributed by atoms with Crippen LogP contribution in [0.3, 0.4) is 0 Å². The number of nitrogens with zero attached hydrogens (tertiary/aromatic N) is 1. The summed E-state index contributed by atoms with van der Waals surface area (Å²) in [6, 6.07) is 2.44. The first-order chi connectivity index (χ1) is 8.56. The van der Waals surface area contributed by atoms with Gasteiger partial charge in [0.2, 0.25) is 0 Å². The van der Waals surface area contributed by atoms with Crippen LogP contribution in [-0.4, -0.2) is 17.6 Å². The minimum atomic E-state index is 0.514. The third-order valence-corrected chi connectivity index (χ3v) is 4.96. The van der Waals surface area contributed by atoms with Gasteiger partial charge >= 0.3 is 0 Å². The van der Waals surface area contributed by atoms with Gasteiger partial charge in [0.1, 0.15) is 0 Å². The third-order valence-electron chi connectivity index (χ3n) is 2.34. The van der Waals surface area contributed by atoms with E-state index in [2.05, 4.69) is 61.4 Å². The molecule has 0 fully saturated rings. The predicted octanol–water partition coefficient (Wildman–Crippen LogP) is 4.47. The minimum absolute atomic E-state index is 0.514. The second kappa shape index (κ2) is 6.32. The van der Waals surface area contributed by atoms with Gasteiger partial charge in [-0.3, -0.25) is 0 Å². The highest BCUT2D eigenvalue weighted by Gasteiger charge is 2.12. The molecule has 2 aromatic heterocycles. The zero-order chi connectivity index (χ0) is 13.1. The summed E-state index contributed by atoms with van der Waals surface area (Å²) in [7, 11) is 0. The van der Waals surface area contributed by atoms with Gasteiger partial charge in [0.25, 0.3) is 0 Å². The molecule has 0 aliphatic rings. The largest absolute Gasteiger partial charge is 0.446 e. The Labute approximate surface area is 127 Å². The van der Waals surface area contributed by atoms with Crippen LogP contribution in [0.15, 0.2) is 25.0 Å². The molecule has 0 atom stereocenters. The molecule has 18 heavy (non-hydrogen) atoms. The lowest BCUT2D eigenvalue weighted by molar-refractivity contribution is 0.553. The summed E-state index contributed by atoms with van der Waals surface area (Å²) in [6.07, 6.45) is 0.942. The Bertz CT molecular complexity index is 502. The molecule has 0 amide bonds. The van der Waals surface area contributed by atoms with E-state index in [1.807, 2.05) is 6.07 Å². The number of thiazole rings is 1. The number of aromatic nitrogens is 1. The Morgan fingerprint density at radius 1 is 1.44 bits per heavy atom. The molecule has 0 aliphatic carbocycles. The van der Waals surface area contributed by atoms with E-state index in [1.54, 1.807) is 11.3 Å². The Kier molecular flexibility index (Phi) is 5.00. The third kappa shape index (κ3) is 3.66. The second-order valence-electron chi connectivity index (χ2n) is 4.24. The molecule has 0 saturated carbocycles. The Morgan fingerprint density at radius 3 is 2.83 bits per heavy atom. The standard InChI is InChI=1S/C12H14Br2N2OS/c1-7(2)15-4-3-8-6-18-12(16-8)10-5-9(13)11(14)17-10/h5-7,15H,3-4H2,1-2H3. The molecule has 2 aromatic rings. The molecule has 2 rings (SSSR count). The number of nitrogens with one attached hydrogen (secondary N) is 1. The van der Waals surface area contributed by atoms with Crippen LogP contribution < -0.4 is 5.32 Å². The lowest BCUT2D eigenvalue weighted by Crippen LogP contribution is -2.24. The molecule has 3 nitrogen and oxygen atoms in total. The van der Waals surface area contributed by atoms with Gasteiger partial charge in [-0.15, -0.1) is 11.3 Å². The molecule has 0 unspecified atom stereocenters. The summed E-state index contributed by atoms with van der Waals surface area (Å²) in [5.41, 5.74) is 1.10. The summed E-state index contributed by atoms with van der Waals surface area (Å²) in [5, 5.41) is 6.38. The van der Waals surface area contributed by atoms with Gasteiger partial charge in [0.05, 0.1) is 10.2 Å². The van der Waals surface area contributed by atoms with E-state index in [-0.39, 0.29) is 0 Å². The van der Waals surface area contributed by atoms with Crippen LogP contribution in [0, 0.1) is 0 Å². The zero-order valence-electron chi connectivity index (χ0n) is 10.2. The Morgan fingerprint density at radius 2 is 2.22 bits per heavy atom. The number of halogens is 2. The molecule has 6 heteroatoms. The maximum absolute atomic E-state index is 5.56. The molecule has 0 aromatic carbocycles. The SMILES string of the molecule is CC(C)NCCc1csc(-c2cc(Br)c(Br)o2)n1. The molecule has 0 saturated heterocycles. The lowest BCUT2D eigenvalue weighted by atomic mass is 10.3. The smallest absolute Gasteiger partial charge is 0.184 e. The van der Waals surface area contributed by atoms with E-state index in [0.29, 0.717) is 10.7 Å². The Balaban J connectivity index is 2.01. The van der Waals surface area contributed by atoms with E-state index in [4.69, 9.17) is 4.42 Å². The molecular weight excluding hydrogens is 380 g/mol. The van der Waals surface area contributed by atoms with Gasteiger partial charge in [-0.05, 0) is 31.9 Å². The predicted molar refractivity (Wildman–Crippen MR) is 82.1 cm³/mol. The van der Waals surface area contributed by atoms with Gasteiger partial charge in [-0.1, -0.05) is 13.8 Å². The summed E-state index contributed by atoms with van der Waals surface area (Å²) in [4.78, 5) is 4.57. The fourth-order valence-electron chi connectivity index (χ4n) is 1.48. The maximum atomic E-state index is 5.56. The van der Waals surface area contributed by atoms with Gasteiger partial charge in [-0.25, -0.2) is 4.98 Å². The van der Waals surface area contributed by atoms with Crippen LogP contribution in [0.1, 0.15) is 19.5 Å². The number of rotatable bonds is 5. The molecule has 2 heterocycles. The van der Waals surface area contributed by atoms with Crippen LogP contribution >= 0.6 is 43.2 Å². The molecular formula is C12H14Br2N2OS. The van der Waals surface area contributed by atoms with Gasteiger partial charge < -0.3 is 9.73 Å². The monoisotopic (exact) mass is 392 g/mol. The van der Waals surface area contributed by atoms with Crippen molar-refractivity contribution >= 4 is 43.2 Å². The molecule has 1 N–H and O–H groups in total. The van der Waals surface area contributed by atoms with Crippen molar-refractivity contribution in [2.75, 3.05) is 6.54 Å². The van der Waals surface area contributed by atoms with E-state index in [9.17, 15) is 0 Å². The summed E-state index contributed by atoms with van der Waals surface area (Å²) in [6.45, 7) is 5.24. The van der Waals surface area contributed by atoms with E-state index < -0.39 is 0 Å². The van der Waals surface area contributed by atoms with E-state index >= 15 is 0 Å². The number of hydrogen-bond acceptors (Lipinski definition) is 4. The topological polar surface area (TPSA) is 38.1 Å². The van der Waals surface area contributed by atoms with Crippen molar-refractivity contribution in [1.82, 2.24) is 10.3 Å². The van der Waals surface area contributed by atoms with Crippen molar-refractivity contribution in [3.63, 3.8) is 0 Å². The van der Waals surface area contributed by atoms with Gasteiger partial charge in [0, 0.05) is 30.5 Å². The molecule has 98 valence electrons. The van der Waals surface area contributed by atoms with E-state index in [0.717, 1.165) is 33.9 Å². The van der Waals surface area contributed by atoms with Crippen molar-refractivity contribution in [3.8, 4) is 10.8 Å². The average Bonchev–Trinajstić information content (AvgIpc) is 2.87. The molecule has 0 spiro atoms. The molecule has 0 bridgehead atoms. The number of hydrogen-bond donors (Lipinski definition) is 1.